The minimum absolute atomic E-state index is 0.148. The second kappa shape index (κ2) is 5.40. The molecule has 1 aromatic rings. The average molecular weight is 310 g/mol. The molecule has 0 aromatic heterocycles. The Bertz CT molecular complexity index is 672. The standard InChI is InChI=1S/C14H18N2O4S/c1-9-13(15-5-6-20-9)14(17)16-11-3-2-10-4-7-21(18,19)12(10)8-11/h2-3,8-9,13,15H,4-7H2,1H3,(H,16,17)/t9-,13+/m1/s1. The van der Waals surface area contributed by atoms with E-state index in [-0.39, 0.29) is 17.8 Å². The molecule has 1 amide bonds. The summed E-state index contributed by atoms with van der Waals surface area (Å²) in [7, 11) is -3.19. The van der Waals surface area contributed by atoms with Gasteiger partial charge in [-0.2, -0.15) is 0 Å². The summed E-state index contributed by atoms with van der Waals surface area (Å²) in [5.74, 6) is -0.0630. The number of carbonyl (C=O) groups excluding carboxylic acids is 1. The van der Waals surface area contributed by atoms with E-state index in [1.165, 1.54) is 0 Å². The number of fused-ring (bicyclic) bond motifs is 1. The summed E-state index contributed by atoms with van der Waals surface area (Å²) < 4.78 is 29.2. The number of benzene rings is 1. The summed E-state index contributed by atoms with van der Waals surface area (Å²) >= 11 is 0. The third kappa shape index (κ3) is 2.81. The van der Waals surface area contributed by atoms with E-state index in [1.807, 2.05) is 6.92 Å². The summed E-state index contributed by atoms with van der Waals surface area (Å²) in [5.41, 5.74) is 1.32. The summed E-state index contributed by atoms with van der Waals surface area (Å²) in [6, 6.07) is 4.63. The van der Waals surface area contributed by atoms with Crippen molar-refractivity contribution in [2.75, 3.05) is 24.2 Å². The molecule has 6 nitrogen and oxygen atoms in total. The monoisotopic (exact) mass is 310 g/mol. The fraction of sp³-hybridized carbons (Fsp3) is 0.500. The quantitative estimate of drug-likeness (QED) is 0.822. The Kier molecular flexibility index (Phi) is 3.73. The van der Waals surface area contributed by atoms with Crippen LogP contribution in [-0.2, 0) is 25.8 Å². The van der Waals surface area contributed by atoms with E-state index in [9.17, 15) is 13.2 Å². The molecule has 21 heavy (non-hydrogen) atoms. The minimum atomic E-state index is -3.19. The molecule has 1 fully saturated rings. The van der Waals surface area contributed by atoms with E-state index in [1.54, 1.807) is 18.2 Å². The molecule has 0 saturated carbocycles. The highest BCUT2D eigenvalue weighted by Gasteiger charge is 2.30. The van der Waals surface area contributed by atoms with Gasteiger partial charge in [0, 0.05) is 12.2 Å². The van der Waals surface area contributed by atoms with Crippen molar-refractivity contribution >= 4 is 21.4 Å². The van der Waals surface area contributed by atoms with Crippen LogP contribution >= 0.6 is 0 Å². The van der Waals surface area contributed by atoms with E-state index >= 15 is 0 Å². The molecular weight excluding hydrogens is 292 g/mol. The van der Waals surface area contributed by atoms with E-state index in [2.05, 4.69) is 10.6 Å². The van der Waals surface area contributed by atoms with Gasteiger partial charge in [-0.05, 0) is 31.0 Å². The maximum absolute atomic E-state index is 12.2. The van der Waals surface area contributed by atoms with Crippen LogP contribution in [0.5, 0.6) is 0 Å². The lowest BCUT2D eigenvalue weighted by Gasteiger charge is -2.29. The Labute approximate surface area is 123 Å². The van der Waals surface area contributed by atoms with Crippen molar-refractivity contribution in [3.05, 3.63) is 23.8 Å². The molecule has 0 aliphatic carbocycles. The summed E-state index contributed by atoms with van der Waals surface area (Å²) in [4.78, 5) is 12.6. The summed E-state index contributed by atoms with van der Waals surface area (Å²) in [5, 5.41) is 5.87. The number of amides is 1. The Hall–Kier alpha value is -1.44. The van der Waals surface area contributed by atoms with Crippen LogP contribution in [0.3, 0.4) is 0 Å². The van der Waals surface area contributed by atoms with Crippen molar-refractivity contribution in [3.63, 3.8) is 0 Å². The molecule has 1 saturated heterocycles. The lowest BCUT2D eigenvalue weighted by atomic mass is 10.1. The first-order valence-corrected chi connectivity index (χ1v) is 8.64. The zero-order valence-electron chi connectivity index (χ0n) is 11.8. The zero-order valence-corrected chi connectivity index (χ0v) is 12.6. The fourth-order valence-corrected chi connectivity index (χ4v) is 4.31. The lowest BCUT2D eigenvalue weighted by molar-refractivity contribution is -0.123. The topological polar surface area (TPSA) is 84.5 Å². The molecule has 2 aliphatic rings. The molecule has 0 radical (unpaired) electrons. The largest absolute Gasteiger partial charge is 0.375 e. The number of aryl methyl sites for hydroxylation is 1. The second-order valence-corrected chi connectivity index (χ2v) is 7.47. The van der Waals surface area contributed by atoms with Gasteiger partial charge < -0.3 is 15.4 Å². The second-order valence-electron chi connectivity index (χ2n) is 5.39. The maximum atomic E-state index is 12.2. The number of ether oxygens (including phenoxy) is 1. The molecule has 3 rings (SSSR count). The number of hydrogen-bond acceptors (Lipinski definition) is 5. The molecule has 0 unspecified atom stereocenters. The van der Waals surface area contributed by atoms with Crippen molar-refractivity contribution in [1.82, 2.24) is 5.32 Å². The first kappa shape index (κ1) is 14.5. The Balaban J connectivity index is 1.78. The fourth-order valence-electron chi connectivity index (χ4n) is 2.73. The van der Waals surface area contributed by atoms with Crippen LogP contribution in [0, 0.1) is 0 Å². The summed E-state index contributed by atoms with van der Waals surface area (Å²) in [6.07, 6.45) is 0.331. The SMILES string of the molecule is C[C@H]1OCCN[C@@H]1C(=O)Nc1ccc2c(c1)S(=O)(=O)CC2. The van der Waals surface area contributed by atoms with Crippen LogP contribution in [0.4, 0.5) is 5.69 Å². The van der Waals surface area contributed by atoms with Crippen LogP contribution < -0.4 is 10.6 Å². The van der Waals surface area contributed by atoms with Crippen LogP contribution in [0.2, 0.25) is 0 Å². The first-order valence-electron chi connectivity index (χ1n) is 6.99. The molecule has 7 heteroatoms. The van der Waals surface area contributed by atoms with E-state index < -0.39 is 15.9 Å². The van der Waals surface area contributed by atoms with Crippen LogP contribution in [0.15, 0.2) is 23.1 Å². The van der Waals surface area contributed by atoms with Gasteiger partial charge in [-0.1, -0.05) is 6.07 Å². The molecule has 2 heterocycles. The van der Waals surface area contributed by atoms with E-state index in [0.717, 1.165) is 5.56 Å². The van der Waals surface area contributed by atoms with Crippen molar-refractivity contribution in [3.8, 4) is 0 Å². The minimum Gasteiger partial charge on any atom is -0.375 e. The van der Waals surface area contributed by atoms with Gasteiger partial charge in [0.1, 0.15) is 6.04 Å². The zero-order chi connectivity index (χ0) is 15.0. The van der Waals surface area contributed by atoms with Gasteiger partial charge in [-0.25, -0.2) is 8.42 Å². The van der Waals surface area contributed by atoms with Crippen LogP contribution in [0.1, 0.15) is 12.5 Å². The maximum Gasteiger partial charge on any atom is 0.244 e. The lowest BCUT2D eigenvalue weighted by Crippen LogP contribution is -2.53. The van der Waals surface area contributed by atoms with Crippen molar-refractivity contribution in [2.45, 2.75) is 30.4 Å². The predicted molar refractivity (Wildman–Crippen MR) is 78.0 cm³/mol. The number of hydrogen-bond donors (Lipinski definition) is 2. The van der Waals surface area contributed by atoms with Gasteiger partial charge in [0.25, 0.3) is 0 Å². The molecule has 1 aromatic carbocycles. The van der Waals surface area contributed by atoms with Gasteiger partial charge >= 0.3 is 0 Å². The molecule has 0 spiro atoms. The number of carbonyl (C=O) groups is 1. The van der Waals surface area contributed by atoms with Gasteiger partial charge in [-0.3, -0.25) is 4.79 Å². The van der Waals surface area contributed by atoms with Crippen molar-refractivity contribution in [1.29, 1.82) is 0 Å². The third-order valence-corrected chi connectivity index (χ3v) is 5.70. The molecule has 0 bridgehead atoms. The predicted octanol–water partition coefficient (Wildman–Crippen LogP) is 0.332. The normalized spacial score (nSPS) is 27.1. The van der Waals surface area contributed by atoms with Crippen molar-refractivity contribution < 1.29 is 17.9 Å². The average Bonchev–Trinajstić information content (AvgIpc) is 2.75. The third-order valence-electron chi connectivity index (χ3n) is 3.91. The smallest absolute Gasteiger partial charge is 0.244 e. The highest BCUT2D eigenvalue weighted by atomic mass is 32.2. The molecular formula is C14H18N2O4S. The highest BCUT2D eigenvalue weighted by molar-refractivity contribution is 7.91. The van der Waals surface area contributed by atoms with E-state index in [0.29, 0.717) is 30.2 Å². The Morgan fingerprint density at radius 3 is 3.00 bits per heavy atom. The summed E-state index contributed by atoms with van der Waals surface area (Å²) in [6.45, 7) is 3.05. The van der Waals surface area contributed by atoms with Gasteiger partial charge in [-0.15, -0.1) is 0 Å². The van der Waals surface area contributed by atoms with Crippen LogP contribution in [-0.4, -0.2) is 45.4 Å². The molecule has 2 N–H and O–H groups in total. The first-order chi connectivity index (χ1) is 9.97. The molecule has 2 aliphatic heterocycles. The molecule has 2 atom stereocenters. The molecule has 114 valence electrons. The van der Waals surface area contributed by atoms with E-state index in [4.69, 9.17) is 4.74 Å². The van der Waals surface area contributed by atoms with Gasteiger partial charge in [0.05, 0.1) is 23.4 Å². The van der Waals surface area contributed by atoms with Gasteiger partial charge in [0.15, 0.2) is 9.84 Å². The highest BCUT2D eigenvalue weighted by Crippen LogP contribution is 2.28. The Morgan fingerprint density at radius 1 is 1.43 bits per heavy atom. The number of morpholine rings is 1. The van der Waals surface area contributed by atoms with Gasteiger partial charge in [0.2, 0.25) is 5.91 Å². The number of anilines is 1. The number of rotatable bonds is 2. The van der Waals surface area contributed by atoms with Crippen LogP contribution in [0.25, 0.3) is 0 Å². The Morgan fingerprint density at radius 2 is 2.24 bits per heavy atom. The number of nitrogens with one attached hydrogen (secondary N) is 2. The van der Waals surface area contributed by atoms with Crippen molar-refractivity contribution in [2.24, 2.45) is 0 Å². The number of sulfone groups is 1.